The number of carbonyl (C=O) groups excluding carboxylic acids is 1. The molecule has 0 saturated carbocycles. The van der Waals surface area contributed by atoms with Gasteiger partial charge in [-0.1, -0.05) is 45.9 Å². The molecule has 132 valence electrons. The van der Waals surface area contributed by atoms with E-state index in [-0.39, 0.29) is 16.6 Å². The molecule has 0 heterocycles. The Balaban J connectivity index is 2.15. The zero-order chi connectivity index (χ0) is 18.6. The minimum absolute atomic E-state index is 0.122. The van der Waals surface area contributed by atoms with Crippen molar-refractivity contribution in [3.8, 4) is 0 Å². The maximum Gasteiger partial charge on any atom is 0.193 e. The highest BCUT2D eigenvalue weighted by Crippen LogP contribution is 2.46. The fourth-order valence-corrected chi connectivity index (χ4v) is 4.00. The van der Waals surface area contributed by atoms with E-state index in [0.717, 1.165) is 23.1 Å². The average Bonchev–Trinajstić information content (AvgIpc) is 2.53. The zero-order valence-electron chi connectivity index (χ0n) is 16.7. The van der Waals surface area contributed by atoms with Crippen LogP contribution in [0.25, 0.3) is 0 Å². The van der Waals surface area contributed by atoms with E-state index in [9.17, 15) is 4.79 Å². The molecule has 3 rings (SSSR count). The normalized spacial score (nSPS) is 17.9. The van der Waals surface area contributed by atoms with Crippen molar-refractivity contribution in [2.45, 2.75) is 72.1 Å². The van der Waals surface area contributed by atoms with Gasteiger partial charge in [0.05, 0.1) is 0 Å². The lowest BCUT2D eigenvalue weighted by atomic mass is 9.62. The SMILES string of the molecule is Cc1ccc(C(=O)c2cc3c(cc2C)C(C)(C)CCC3(C)C)cc1C. The molecule has 0 atom stereocenters. The van der Waals surface area contributed by atoms with Crippen LogP contribution < -0.4 is 0 Å². The van der Waals surface area contributed by atoms with Gasteiger partial charge in [-0.25, -0.2) is 0 Å². The topological polar surface area (TPSA) is 17.1 Å². The van der Waals surface area contributed by atoms with Gasteiger partial charge in [0.1, 0.15) is 0 Å². The van der Waals surface area contributed by atoms with Crippen LogP contribution in [0, 0.1) is 20.8 Å². The third kappa shape index (κ3) is 3.05. The summed E-state index contributed by atoms with van der Waals surface area (Å²) >= 11 is 0. The molecule has 1 aliphatic carbocycles. The van der Waals surface area contributed by atoms with Crippen molar-refractivity contribution in [1.82, 2.24) is 0 Å². The number of carbonyl (C=O) groups is 1. The predicted molar refractivity (Wildman–Crippen MR) is 106 cm³/mol. The second-order valence-electron chi connectivity index (χ2n) is 9.11. The van der Waals surface area contributed by atoms with Gasteiger partial charge in [0.15, 0.2) is 5.78 Å². The molecule has 0 spiro atoms. The van der Waals surface area contributed by atoms with Crippen molar-refractivity contribution in [2.24, 2.45) is 0 Å². The Kier molecular flexibility index (Phi) is 4.18. The van der Waals surface area contributed by atoms with Gasteiger partial charge in [0, 0.05) is 11.1 Å². The number of hydrogen-bond donors (Lipinski definition) is 0. The highest BCUT2D eigenvalue weighted by Gasteiger charge is 2.37. The lowest BCUT2D eigenvalue weighted by molar-refractivity contribution is 0.103. The van der Waals surface area contributed by atoms with Crippen LogP contribution in [0.3, 0.4) is 0 Å². The van der Waals surface area contributed by atoms with Crippen LogP contribution in [-0.2, 0) is 10.8 Å². The van der Waals surface area contributed by atoms with E-state index in [0.29, 0.717) is 0 Å². The Morgan fingerprint density at radius 1 is 0.760 bits per heavy atom. The number of benzene rings is 2. The van der Waals surface area contributed by atoms with Crippen molar-refractivity contribution >= 4 is 5.78 Å². The van der Waals surface area contributed by atoms with E-state index in [1.165, 1.54) is 28.7 Å². The summed E-state index contributed by atoms with van der Waals surface area (Å²) in [6.45, 7) is 15.5. The first-order valence-corrected chi connectivity index (χ1v) is 9.30. The van der Waals surface area contributed by atoms with Gasteiger partial charge < -0.3 is 0 Å². The van der Waals surface area contributed by atoms with Gasteiger partial charge in [0.25, 0.3) is 0 Å². The molecule has 2 aromatic rings. The van der Waals surface area contributed by atoms with Crippen LogP contribution in [0.4, 0.5) is 0 Å². The molecule has 0 aromatic heterocycles. The van der Waals surface area contributed by atoms with E-state index in [1.54, 1.807) is 0 Å². The minimum Gasteiger partial charge on any atom is -0.289 e. The summed E-state index contributed by atoms with van der Waals surface area (Å²) in [7, 11) is 0. The Hall–Kier alpha value is -1.89. The molecule has 1 aliphatic rings. The van der Waals surface area contributed by atoms with E-state index in [2.05, 4.69) is 60.6 Å². The Morgan fingerprint density at radius 3 is 1.88 bits per heavy atom. The molecule has 0 radical (unpaired) electrons. The minimum atomic E-state index is 0.122. The maximum atomic E-state index is 13.2. The van der Waals surface area contributed by atoms with Crippen LogP contribution in [0.15, 0.2) is 30.3 Å². The first-order chi connectivity index (χ1) is 11.5. The number of rotatable bonds is 2. The molecule has 0 N–H and O–H groups in total. The highest BCUT2D eigenvalue weighted by atomic mass is 16.1. The Bertz CT molecular complexity index is 853. The fraction of sp³-hybridized carbons (Fsp3) is 0.458. The second kappa shape index (κ2) is 5.83. The highest BCUT2D eigenvalue weighted by molar-refractivity contribution is 6.10. The number of hydrogen-bond acceptors (Lipinski definition) is 1. The Labute approximate surface area is 152 Å². The summed E-state index contributed by atoms with van der Waals surface area (Å²) in [6.07, 6.45) is 2.35. The van der Waals surface area contributed by atoms with Gasteiger partial charge in [-0.2, -0.15) is 0 Å². The van der Waals surface area contributed by atoms with Gasteiger partial charge in [-0.15, -0.1) is 0 Å². The molecule has 25 heavy (non-hydrogen) atoms. The molecule has 0 amide bonds. The largest absolute Gasteiger partial charge is 0.289 e. The van der Waals surface area contributed by atoms with Crippen LogP contribution in [0.2, 0.25) is 0 Å². The smallest absolute Gasteiger partial charge is 0.193 e. The first-order valence-electron chi connectivity index (χ1n) is 9.30. The van der Waals surface area contributed by atoms with E-state index >= 15 is 0 Å². The summed E-state index contributed by atoms with van der Waals surface area (Å²) in [5, 5.41) is 0. The first kappa shape index (κ1) is 17.9. The third-order valence-corrected chi connectivity index (χ3v) is 6.21. The fourth-order valence-electron chi connectivity index (χ4n) is 4.00. The molecule has 0 aliphatic heterocycles. The lowest BCUT2D eigenvalue weighted by Gasteiger charge is -2.42. The maximum absolute atomic E-state index is 13.2. The van der Waals surface area contributed by atoms with Crippen LogP contribution in [-0.4, -0.2) is 5.78 Å². The third-order valence-electron chi connectivity index (χ3n) is 6.21. The lowest BCUT2D eigenvalue weighted by Crippen LogP contribution is -2.34. The van der Waals surface area contributed by atoms with Crippen molar-refractivity contribution in [1.29, 1.82) is 0 Å². The predicted octanol–water partition coefficient (Wildman–Crippen LogP) is 6.19. The quantitative estimate of drug-likeness (QED) is 0.598. The molecule has 0 saturated heterocycles. The van der Waals surface area contributed by atoms with Crippen LogP contribution in [0.5, 0.6) is 0 Å². The van der Waals surface area contributed by atoms with Gasteiger partial charge in [0.2, 0.25) is 0 Å². The van der Waals surface area contributed by atoms with Crippen molar-refractivity contribution in [3.63, 3.8) is 0 Å². The van der Waals surface area contributed by atoms with Crippen molar-refractivity contribution in [2.75, 3.05) is 0 Å². The van der Waals surface area contributed by atoms with Gasteiger partial charge >= 0.3 is 0 Å². The molecule has 0 fully saturated rings. The van der Waals surface area contributed by atoms with Crippen LogP contribution >= 0.6 is 0 Å². The zero-order valence-corrected chi connectivity index (χ0v) is 16.7. The molecule has 2 aromatic carbocycles. The van der Waals surface area contributed by atoms with Gasteiger partial charge in [-0.3, -0.25) is 4.79 Å². The molecule has 1 nitrogen and oxygen atoms in total. The summed E-state index contributed by atoms with van der Waals surface area (Å²) in [5.74, 6) is 0.141. The molecule has 1 heteroatoms. The molecule has 0 unspecified atom stereocenters. The molecular weight excluding hydrogens is 304 g/mol. The molecule has 0 bridgehead atoms. The van der Waals surface area contributed by atoms with Gasteiger partial charge in [-0.05, 0) is 84.4 Å². The summed E-state index contributed by atoms with van der Waals surface area (Å²) in [6, 6.07) is 10.5. The summed E-state index contributed by atoms with van der Waals surface area (Å²) < 4.78 is 0. The van der Waals surface area contributed by atoms with E-state index < -0.39 is 0 Å². The monoisotopic (exact) mass is 334 g/mol. The summed E-state index contributed by atoms with van der Waals surface area (Å²) in [5.41, 5.74) is 8.19. The number of aryl methyl sites for hydroxylation is 3. The number of fused-ring (bicyclic) bond motifs is 1. The van der Waals surface area contributed by atoms with E-state index in [4.69, 9.17) is 0 Å². The Morgan fingerprint density at radius 2 is 1.32 bits per heavy atom. The summed E-state index contributed by atoms with van der Waals surface area (Å²) in [4.78, 5) is 13.2. The van der Waals surface area contributed by atoms with E-state index in [1.807, 2.05) is 18.2 Å². The molecular formula is C24H30O. The number of ketones is 1. The van der Waals surface area contributed by atoms with Crippen molar-refractivity contribution in [3.05, 3.63) is 69.3 Å². The van der Waals surface area contributed by atoms with Crippen LogP contribution in [0.1, 0.15) is 84.3 Å². The average molecular weight is 335 g/mol. The second-order valence-corrected chi connectivity index (χ2v) is 9.11. The van der Waals surface area contributed by atoms with Crippen molar-refractivity contribution < 1.29 is 4.79 Å². The standard InChI is InChI=1S/C24H30O/c1-15-8-9-18(12-16(15)2)22(25)19-14-21-20(13-17(19)3)23(4,5)10-11-24(21,6)7/h8-9,12-14H,10-11H2,1-7H3.